The van der Waals surface area contributed by atoms with E-state index in [0.717, 1.165) is 9.90 Å². The van der Waals surface area contributed by atoms with Gasteiger partial charge >= 0.3 is 5.97 Å². The number of aliphatic carboxylic acids is 1. The number of aliphatic hydroxyl groups is 3. The van der Waals surface area contributed by atoms with Crippen LogP contribution < -0.4 is 0 Å². The highest BCUT2D eigenvalue weighted by Gasteiger charge is 2.39. The topological polar surface area (TPSA) is 98.0 Å². The largest absolute Gasteiger partial charge is 0.481 e. The van der Waals surface area contributed by atoms with E-state index in [1.165, 1.54) is 11.3 Å². The number of halogens is 1. The van der Waals surface area contributed by atoms with Crippen LogP contribution in [0.15, 0.2) is 35.8 Å². The number of allylic oxidation sites excluding steroid dienone is 2. The molecule has 0 aliphatic heterocycles. The number of aliphatic hydroxyl groups excluding tert-OH is 3. The van der Waals surface area contributed by atoms with Crippen molar-refractivity contribution in [2.45, 2.75) is 63.3 Å². The average Bonchev–Trinajstić information content (AvgIpc) is 3.16. The van der Waals surface area contributed by atoms with Crippen molar-refractivity contribution in [1.82, 2.24) is 0 Å². The molecule has 2 rings (SSSR count). The lowest BCUT2D eigenvalue weighted by molar-refractivity contribution is -0.137. The van der Waals surface area contributed by atoms with Crippen LogP contribution in [0.2, 0.25) is 4.34 Å². The molecule has 1 aromatic rings. The molecule has 1 aliphatic rings. The zero-order valence-electron chi connectivity index (χ0n) is 15.8. The molecular weight excluding hydrogens is 400 g/mol. The zero-order chi connectivity index (χ0) is 20.5. The van der Waals surface area contributed by atoms with Crippen LogP contribution in [0.5, 0.6) is 0 Å². The molecule has 7 heteroatoms. The maximum Gasteiger partial charge on any atom is 0.303 e. The predicted molar refractivity (Wildman–Crippen MR) is 112 cm³/mol. The Morgan fingerprint density at radius 2 is 2.11 bits per heavy atom. The van der Waals surface area contributed by atoms with Crippen molar-refractivity contribution in [3.8, 4) is 0 Å². The molecule has 1 aliphatic carbocycles. The summed E-state index contributed by atoms with van der Waals surface area (Å²) in [6, 6.07) is 1.96. The molecule has 0 radical (unpaired) electrons. The highest BCUT2D eigenvalue weighted by Crippen LogP contribution is 2.36. The molecular formula is C21H29ClO5S. The molecule has 1 fully saturated rings. The van der Waals surface area contributed by atoms with Gasteiger partial charge in [0, 0.05) is 18.8 Å². The number of hydrogen-bond donors (Lipinski definition) is 4. The van der Waals surface area contributed by atoms with E-state index in [1.54, 1.807) is 6.08 Å². The normalized spacial score (nSPS) is 26.4. The first-order valence-electron chi connectivity index (χ1n) is 9.69. The Balaban J connectivity index is 1.82. The summed E-state index contributed by atoms with van der Waals surface area (Å²) in [5.41, 5.74) is 1.03. The molecule has 5 atom stereocenters. The van der Waals surface area contributed by atoms with Crippen molar-refractivity contribution in [2.24, 2.45) is 11.8 Å². The van der Waals surface area contributed by atoms with Gasteiger partial charge in [-0.2, -0.15) is 0 Å². The first kappa shape index (κ1) is 23.1. The minimum atomic E-state index is -0.798. The van der Waals surface area contributed by atoms with Crippen molar-refractivity contribution < 1.29 is 25.2 Å². The lowest BCUT2D eigenvalue weighted by Crippen LogP contribution is -2.20. The lowest BCUT2D eigenvalue weighted by Gasteiger charge is -2.19. The average molecular weight is 429 g/mol. The molecule has 28 heavy (non-hydrogen) atoms. The summed E-state index contributed by atoms with van der Waals surface area (Å²) in [7, 11) is 0. The van der Waals surface area contributed by atoms with E-state index in [2.05, 4.69) is 0 Å². The predicted octanol–water partition coefficient (Wildman–Crippen LogP) is 3.81. The van der Waals surface area contributed by atoms with E-state index < -0.39 is 24.3 Å². The number of aryl methyl sites for hydroxylation is 1. The van der Waals surface area contributed by atoms with Gasteiger partial charge in [0.05, 0.1) is 22.6 Å². The number of rotatable bonds is 11. The number of carbonyl (C=O) groups is 1. The fourth-order valence-electron chi connectivity index (χ4n) is 3.60. The third-order valence-corrected chi connectivity index (χ3v) is 6.46. The van der Waals surface area contributed by atoms with E-state index in [-0.39, 0.29) is 18.3 Å². The molecule has 4 N–H and O–H groups in total. The quantitative estimate of drug-likeness (QED) is 0.317. The number of carboxylic acid groups (broad SMARTS) is 1. The van der Waals surface area contributed by atoms with Gasteiger partial charge in [0.2, 0.25) is 0 Å². The van der Waals surface area contributed by atoms with Crippen LogP contribution >= 0.6 is 22.9 Å². The number of unbranched alkanes of at least 4 members (excludes halogenated alkanes) is 1. The second-order valence-corrected chi connectivity index (χ2v) is 8.83. The number of thiophene rings is 1. The van der Waals surface area contributed by atoms with Crippen LogP contribution in [-0.4, -0.2) is 44.7 Å². The number of carboxylic acids is 1. The van der Waals surface area contributed by atoms with Gasteiger partial charge in [0.1, 0.15) is 0 Å². The van der Waals surface area contributed by atoms with Gasteiger partial charge in [0.25, 0.3) is 0 Å². The van der Waals surface area contributed by atoms with Gasteiger partial charge in [-0.25, -0.2) is 0 Å². The van der Waals surface area contributed by atoms with Crippen molar-refractivity contribution >= 4 is 28.9 Å². The first-order chi connectivity index (χ1) is 13.4. The highest BCUT2D eigenvalue weighted by molar-refractivity contribution is 7.14. The minimum Gasteiger partial charge on any atom is -0.481 e. The summed E-state index contributed by atoms with van der Waals surface area (Å²) in [6.07, 6.45) is 9.15. The summed E-state index contributed by atoms with van der Waals surface area (Å²) < 4.78 is 0.751. The summed E-state index contributed by atoms with van der Waals surface area (Å²) in [5, 5.41) is 41.3. The van der Waals surface area contributed by atoms with Gasteiger partial charge in [-0.15, -0.1) is 11.3 Å². The second kappa shape index (κ2) is 11.7. The minimum absolute atomic E-state index is 0.111. The van der Waals surface area contributed by atoms with Gasteiger partial charge in [-0.05, 0) is 55.0 Å². The molecule has 1 heterocycles. The first-order valence-corrected chi connectivity index (χ1v) is 11.0. The van der Waals surface area contributed by atoms with Crippen molar-refractivity contribution in [3.63, 3.8) is 0 Å². The molecule has 0 bridgehead atoms. The van der Waals surface area contributed by atoms with Gasteiger partial charge < -0.3 is 20.4 Å². The zero-order valence-corrected chi connectivity index (χ0v) is 17.4. The third-order valence-electron chi connectivity index (χ3n) is 5.21. The Kier molecular flexibility index (Phi) is 9.68. The Bertz CT molecular complexity index is 672. The molecule has 0 saturated heterocycles. The van der Waals surface area contributed by atoms with E-state index >= 15 is 0 Å². The van der Waals surface area contributed by atoms with E-state index in [9.17, 15) is 20.1 Å². The fraction of sp³-hybridized carbons (Fsp3) is 0.571. The molecule has 0 aromatic carbocycles. The molecule has 1 saturated carbocycles. The standard InChI is InChI=1S/C21H29ClO5S/c22-21-14(11-12-28-21)7-8-15(23)9-10-17-16(18(24)13-19(17)25)5-3-1-2-4-6-20(26)27/h1,3,9-12,15-19,23-25H,2,4-8,13H2,(H,26,27)/t15-,16+,17+,18-,19+/m0/s1. The van der Waals surface area contributed by atoms with Crippen LogP contribution in [0.25, 0.3) is 0 Å². The Hall–Kier alpha value is -1.18. The van der Waals surface area contributed by atoms with Gasteiger partial charge in [0.15, 0.2) is 0 Å². The van der Waals surface area contributed by atoms with Crippen molar-refractivity contribution in [3.05, 3.63) is 45.7 Å². The van der Waals surface area contributed by atoms with Gasteiger partial charge in [-0.3, -0.25) is 4.79 Å². The van der Waals surface area contributed by atoms with Crippen LogP contribution in [0.3, 0.4) is 0 Å². The molecule has 1 aromatic heterocycles. The fourth-order valence-corrected chi connectivity index (χ4v) is 4.59. The maximum atomic E-state index is 10.5. The highest BCUT2D eigenvalue weighted by atomic mass is 35.5. The molecule has 0 amide bonds. The third kappa shape index (κ3) is 7.33. The summed E-state index contributed by atoms with van der Waals surface area (Å²) >= 11 is 7.55. The Labute approximate surface area is 175 Å². The molecule has 5 nitrogen and oxygen atoms in total. The molecule has 156 valence electrons. The van der Waals surface area contributed by atoms with Gasteiger partial charge in [-0.1, -0.05) is 35.9 Å². The van der Waals surface area contributed by atoms with Crippen LogP contribution in [0.1, 0.15) is 44.1 Å². The lowest BCUT2D eigenvalue weighted by atomic mass is 9.89. The smallest absolute Gasteiger partial charge is 0.303 e. The second-order valence-electron chi connectivity index (χ2n) is 7.32. The van der Waals surface area contributed by atoms with Crippen LogP contribution in [0, 0.1) is 11.8 Å². The van der Waals surface area contributed by atoms with E-state index in [0.29, 0.717) is 38.5 Å². The summed E-state index contributed by atoms with van der Waals surface area (Å²) in [5.74, 6) is -1.12. The maximum absolute atomic E-state index is 10.5. The molecule has 0 unspecified atom stereocenters. The van der Waals surface area contributed by atoms with Crippen LogP contribution in [-0.2, 0) is 11.2 Å². The monoisotopic (exact) mass is 428 g/mol. The van der Waals surface area contributed by atoms with Crippen LogP contribution in [0.4, 0.5) is 0 Å². The van der Waals surface area contributed by atoms with E-state index in [1.807, 2.05) is 29.7 Å². The number of hydrogen-bond acceptors (Lipinski definition) is 5. The summed E-state index contributed by atoms with van der Waals surface area (Å²) in [6.45, 7) is 0. The van der Waals surface area contributed by atoms with E-state index in [4.69, 9.17) is 16.7 Å². The Morgan fingerprint density at radius 1 is 1.32 bits per heavy atom. The Morgan fingerprint density at radius 3 is 2.79 bits per heavy atom. The summed E-state index contributed by atoms with van der Waals surface area (Å²) in [4.78, 5) is 10.5. The van der Waals surface area contributed by atoms with Crippen molar-refractivity contribution in [1.29, 1.82) is 0 Å². The SMILES string of the molecule is O=C(O)CCCC=CC[C@@H]1[C@@H](C=C[C@@H](O)CCc2ccsc2Cl)[C@H](O)C[C@@H]1O. The molecule has 0 spiro atoms. The van der Waals surface area contributed by atoms with Crippen molar-refractivity contribution in [2.75, 3.05) is 0 Å².